The fourth-order valence-electron chi connectivity index (χ4n) is 5.78. The molecule has 0 radical (unpaired) electrons. The number of primary amides is 1. The van der Waals surface area contributed by atoms with E-state index in [-0.39, 0.29) is 28.3 Å². The molecule has 4 rings (SSSR count). The van der Waals surface area contributed by atoms with Gasteiger partial charge < -0.3 is 15.8 Å². The van der Waals surface area contributed by atoms with Crippen molar-refractivity contribution >= 4 is 56.1 Å². The van der Waals surface area contributed by atoms with Crippen molar-refractivity contribution in [3.05, 3.63) is 101 Å². The number of sulfonamides is 1. The summed E-state index contributed by atoms with van der Waals surface area (Å²) in [6.07, 6.45) is 4.50. The minimum absolute atomic E-state index is 0.0342. The number of carbonyl (C=O) groups excluding carboxylic acids is 1. The molecule has 0 bridgehead atoms. The molecule has 50 heavy (non-hydrogen) atoms. The van der Waals surface area contributed by atoms with Gasteiger partial charge in [0.1, 0.15) is 5.75 Å². The van der Waals surface area contributed by atoms with Crippen molar-refractivity contribution in [2.45, 2.75) is 96.8 Å². The number of urea groups is 1. The van der Waals surface area contributed by atoms with Crippen molar-refractivity contribution in [2.75, 3.05) is 21.5 Å². The Morgan fingerprint density at radius 3 is 1.94 bits per heavy atom. The normalized spacial score (nSPS) is 11.7. The van der Waals surface area contributed by atoms with Gasteiger partial charge >= 0.3 is 6.03 Å². The Kier molecular flexibility index (Phi) is 13.2. The van der Waals surface area contributed by atoms with E-state index in [0.717, 1.165) is 41.0 Å². The first kappa shape index (κ1) is 38.6. The quantitative estimate of drug-likeness (QED) is 0.0998. The lowest BCUT2D eigenvalue weighted by Gasteiger charge is -2.26. The summed E-state index contributed by atoms with van der Waals surface area (Å²) in [6, 6.07) is 22.5. The van der Waals surface area contributed by atoms with E-state index < -0.39 is 16.1 Å². The number of carbonyl (C=O) groups is 1. The van der Waals surface area contributed by atoms with Crippen LogP contribution < -0.4 is 25.4 Å². The van der Waals surface area contributed by atoms with Gasteiger partial charge in [0.15, 0.2) is 0 Å². The molecule has 4 aromatic rings. The van der Waals surface area contributed by atoms with E-state index in [9.17, 15) is 13.2 Å². The molecule has 0 unspecified atom stereocenters. The van der Waals surface area contributed by atoms with E-state index in [4.69, 9.17) is 22.1 Å². The van der Waals surface area contributed by atoms with Crippen molar-refractivity contribution in [3.63, 3.8) is 0 Å². The Labute approximate surface area is 303 Å². The predicted molar refractivity (Wildman–Crippen MR) is 208 cm³/mol. The van der Waals surface area contributed by atoms with Crippen LogP contribution in [0.4, 0.5) is 33.2 Å². The Morgan fingerprint density at radius 2 is 1.40 bits per heavy atom. The average Bonchev–Trinajstić information content (AvgIpc) is 3.06. The second-order valence-corrected chi connectivity index (χ2v) is 15.6. The summed E-state index contributed by atoms with van der Waals surface area (Å²) < 4.78 is 37.4. The molecule has 8 nitrogen and oxygen atoms in total. The highest BCUT2D eigenvalue weighted by Gasteiger charge is 2.28. The topological polar surface area (TPSA) is 114 Å². The zero-order chi connectivity index (χ0) is 36.6. The monoisotopic (exact) mass is 718 g/mol. The van der Waals surface area contributed by atoms with Crippen LogP contribution in [0.1, 0.15) is 109 Å². The SMILES string of the molecule is CCCCCCOc1ccc(Nc2ccc(NS(=O)(=O)c3c(C(C)C)cc(C(C)C)cc3C(C)C)cc2N(C(N)=O)c2ccc(Cl)cc2)cc1. The molecule has 268 valence electrons. The Bertz CT molecular complexity index is 1830. The molecule has 4 N–H and O–H groups in total. The largest absolute Gasteiger partial charge is 0.494 e. The molecule has 10 heteroatoms. The van der Waals surface area contributed by atoms with Crippen LogP contribution in [0.25, 0.3) is 0 Å². The minimum Gasteiger partial charge on any atom is -0.494 e. The second kappa shape index (κ2) is 17.1. The standard InChI is InChI=1S/C40H51ClN4O4S/c1-8-9-10-11-22-49-34-19-14-31(15-20-34)43-37-21-16-32(25-38(37)45(40(42)46)33-17-12-30(41)13-18-33)44-50(47,48)39-35(27(4)5)23-29(26(2)3)24-36(39)28(6)7/h12-21,23-28,43-44H,8-11,22H2,1-7H3,(H2,42,46). The number of halogens is 1. The highest BCUT2D eigenvalue weighted by Crippen LogP contribution is 2.39. The molecule has 0 saturated heterocycles. The first-order valence-corrected chi connectivity index (χ1v) is 19.3. The maximum Gasteiger partial charge on any atom is 0.323 e. The summed E-state index contributed by atoms with van der Waals surface area (Å²) in [7, 11) is -4.07. The molecule has 0 aliphatic heterocycles. The molecule has 0 spiro atoms. The molecule has 0 aliphatic carbocycles. The molecule has 0 aromatic heterocycles. The molecule has 0 saturated carbocycles. The Hall–Kier alpha value is -4.21. The molecule has 0 atom stereocenters. The zero-order valence-corrected chi connectivity index (χ0v) is 31.8. The Balaban J connectivity index is 1.76. The molecule has 0 aliphatic rings. The molecule has 0 heterocycles. The predicted octanol–water partition coefficient (Wildman–Crippen LogP) is 11.4. The molecular formula is C40H51ClN4O4S. The number of hydrogen-bond donors (Lipinski definition) is 3. The highest BCUT2D eigenvalue weighted by atomic mass is 35.5. The van der Waals surface area contributed by atoms with Crippen LogP contribution in [0.5, 0.6) is 5.75 Å². The van der Waals surface area contributed by atoms with Crippen molar-refractivity contribution in [2.24, 2.45) is 5.73 Å². The first-order valence-electron chi connectivity index (χ1n) is 17.4. The van der Waals surface area contributed by atoms with Gasteiger partial charge in [-0.1, -0.05) is 91.5 Å². The number of ether oxygens (including phenoxy) is 1. The number of unbranched alkanes of at least 4 members (excludes halogenated alkanes) is 3. The average molecular weight is 719 g/mol. The zero-order valence-electron chi connectivity index (χ0n) is 30.2. The van der Waals surface area contributed by atoms with E-state index in [1.165, 1.54) is 17.7 Å². The summed E-state index contributed by atoms with van der Waals surface area (Å²) in [4.78, 5) is 14.7. The first-order chi connectivity index (χ1) is 23.7. The van der Waals surface area contributed by atoms with Gasteiger partial charge in [-0.3, -0.25) is 9.62 Å². The maximum atomic E-state index is 14.3. The fraction of sp³-hybridized carbons (Fsp3) is 0.375. The van der Waals surface area contributed by atoms with E-state index >= 15 is 0 Å². The van der Waals surface area contributed by atoms with Gasteiger partial charge in [-0.2, -0.15) is 0 Å². The third kappa shape index (κ3) is 9.73. The van der Waals surface area contributed by atoms with Gasteiger partial charge in [-0.05, 0) is 108 Å². The van der Waals surface area contributed by atoms with E-state index in [0.29, 0.717) is 28.7 Å². The summed E-state index contributed by atoms with van der Waals surface area (Å²) in [5.41, 5.74) is 11.0. The second-order valence-electron chi connectivity index (χ2n) is 13.5. The van der Waals surface area contributed by atoms with Crippen LogP contribution in [0.15, 0.2) is 83.8 Å². The summed E-state index contributed by atoms with van der Waals surface area (Å²) in [6.45, 7) is 15.1. The van der Waals surface area contributed by atoms with E-state index in [2.05, 4.69) is 30.8 Å². The van der Waals surface area contributed by atoms with E-state index in [1.54, 1.807) is 42.5 Å². The van der Waals surface area contributed by atoms with Crippen LogP contribution in [0, 0.1) is 0 Å². The summed E-state index contributed by atoms with van der Waals surface area (Å²) in [5.74, 6) is 0.935. The van der Waals surface area contributed by atoms with Gasteiger partial charge in [0.2, 0.25) is 0 Å². The molecular weight excluding hydrogens is 668 g/mol. The highest BCUT2D eigenvalue weighted by molar-refractivity contribution is 7.92. The lowest BCUT2D eigenvalue weighted by Crippen LogP contribution is -2.32. The van der Waals surface area contributed by atoms with Gasteiger partial charge in [0.05, 0.1) is 34.3 Å². The smallest absolute Gasteiger partial charge is 0.323 e. The van der Waals surface area contributed by atoms with Gasteiger partial charge in [0, 0.05) is 10.7 Å². The lowest BCUT2D eigenvalue weighted by molar-refractivity contribution is 0.256. The lowest BCUT2D eigenvalue weighted by atomic mass is 9.89. The van der Waals surface area contributed by atoms with Gasteiger partial charge in [-0.15, -0.1) is 0 Å². The third-order valence-corrected chi connectivity index (χ3v) is 10.3. The fourth-order valence-corrected chi connectivity index (χ4v) is 7.65. The molecule has 2 amide bonds. The van der Waals surface area contributed by atoms with Crippen molar-refractivity contribution in [1.29, 1.82) is 0 Å². The number of benzene rings is 4. The van der Waals surface area contributed by atoms with Crippen LogP contribution >= 0.6 is 11.6 Å². The number of nitrogens with one attached hydrogen (secondary N) is 2. The van der Waals surface area contributed by atoms with Crippen molar-refractivity contribution in [1.82, 2.24) is 0 Å². The van der Waals surface area contributed by atoms with Crippen molar-refractivity contribution in [3.8, 4) is 5.75 Å². The van der Waals surface area contributed by atoms with Gasteiger partial charge in [-0.25, -0.2) is 13.2 Å². The van der Waals surface area contributed by atoms with E-state index in [1.807, 2.05) is 64.1 Å². The van der Waals surface area contributed by atoms with Crippen LogP contribution in [0.3, 0.4) is 0 Å². The summed E-state index contributed by atoms with van der Waals surface area (Å²) in [5, 5.41) is 3.87. The number of nitrogens with zero attached hydrogens (tertiary/aromatic N) is 1. The molecule has 0 fully saturated rings. The third-order valence-electron chi connectivity index (χ3n) is 8.54. The number of anilines is 5. The minimum atomic E-state index is -4.07. The number of nitrogens with two attached hydrogens (primary N) is 1. The summed E-state index contributed by atoms with van der Waals surface area (Å²) >= 11 is 6.17. The number of rotatable bonds is 16. The van der Waals surface area contributed by atoms with Crippen LogP contribution in [-0.2, 0) is 10.0 Å². The Morgan fingerprint density at radius 1 is 0.800 bits per heavy atom. The number of amides is 2. The maximum absolute atomic E-state index is 14.3. The van der Waals surface area contributed by atoms with Crippen LogP contribution in [0.2, 0.25) is 5.02 Å². The van der Waals surface area contributed by atoms with Crippen LogP contribution in [-0.4, -0.2) is 21.1 Å². The molecule has 4 aromatic carbocycles. The number of hydrogen-bond acceptors (Lipinski definition) is 5. The van der Waals surface area contributed by atoms with Gasteiger partial charge in [0.25, 0.3) is 10.0 Å². The van der Waals surface area contributed by atoms with Crippen molar-refractivity contribution < 1.29 is 17.9 Å².